The molecule has 0 fully saturated rings. The summed E-state index contributed by atoms with van der Waals surface area (Å²) in [4.78, 5) is 24.6. The number of alkyl halides is 1. The first-order valence-electron chi connectivity index (χ1n) is 8.12. The van der Waals surface area contributed by atoms with Crippen molar-refractivity contribution in [1.82, 2.24) is 9.97 Å². The number of anilines is 1. The second kappa shape index (κ2) is 8.23. The zero-order valence-corrected chi connectivity index (χ0v) is 15.4. The third kappa shape index (κ3) is 4.38. The van der Waals surface area contributed by atoms with Crippen LogP contribution in [0.15, 0.2) is 41.5 Å². The van der Waals surface area contributed by atoms with Gasteiger partial charge in [0, 0.05) is 17.8 Å². The third-order valence-corrected chi connectivity index (χ3v) is 4.08. The zero-order valence-electron chi connectivity index (χ0n) is 14.6. The number of aliphatic imine (C=N–C) groups is 1. The average Bonchev–Trinajstić information content (AvgIpc) is 2.68. The number of nitrogens with two attached hydrogens (primary N) is 2. The fourth-order valence-corrected chi connectivity index (χ4v) is 2.63. The van der Waals surface area contributed by atoms with E-state index in [-0.39, 0.29) is 41.4 Å². The predicted molar refractivity (Wildman–Crippen MR) is 104 cm³/mol. The lowest BCUT2D eigenvalue weighted by molar-refractivity contribution is 0.0807. The Labute approximate surface area is 165 Å². The van der Waals surface area contributed by atoms with Gasteiger partial charge in [0.25, 0.3) is 0 Å². The van der Waals surface area contributed by atoms with Crippen LogP contribution in [-0.2, 0) is 10.3 Å². The lowest BCUT2D eigenvalue weighted by Crippen LogP contribution is -2.42. The molecule has 1 unspecified atom stereocenters. The molecule has 0 spiro atoms. The van der Waals surface area contributed by atoms with Gasteiger partial charge in [-0.3, -0.25) is 10.3 Å². The Hall–Kier alpha value is -3.18. The van der Waals surface area contributed by atoms with E-state index in [0.29, 0.717) is 5.56 Å². The highest BCUT2D eigenvalue weighted by Gasteiger charge is 2.37. The monoisotopic (exact) mass is 404 g/mol. The van der Waals surface area contributed by atoms with Gasteiger partial charge in [-0.15, -0.1) is 0 Å². The number of thiocarbonyl (C=S) groups is 1. The number of carbonyl (C=O) groups is 1. The highest BCUT2D eigenvalue weighted by atomic mass is 32.1. The Morgan fingerprint density at radius 1 is 1.39 bits per heavy atom. The molecular weight excluding hydrogens is 387 g/mol. The van der Waals surface area contributed by atoms with Gasteiger partial charge in [0.1, 0.15) is 29.9 Å². The number of hydrogen-bond donors (Lipinski definition) is 3. The van der Waals surface area contributed by atoms with E-state index in [0.717, 1.165) is 0 Å². The van der Waals surface area contributed by atoms with Gasteiger partial charge < -0.3 is 20.9 Å². The van der Waals surface area contributed by atoms with Crippen LogP contribution in [0.5, 0.6) is 5.88 Å². The minimum atomic E-state index is -1.35. The molecule has 0 aliphatic carbocycles. The number of aromatic nitrogens is 2. The van der Waals surface area contributed by atoms with Crippen LogP contribution in [0.1, 0.15) is 11.3 Å². The fraction of sp³-hybridized carbons (Fsp3) is 0.235. The summed E-state index contributed by atoms with van der Waals surface area (Å²) in [6.07, 6.45) is 0.567. The average molecular weight is 404 g/mol. The first-order chi connectivity index (χ1) is 13.4. The molecule has 1 amide bonds. The van der Waals surface area contributed by atoms with Crippen molar-refractivity contribution in [3.05, 3.63) is 47.8 Å². The molecule has 0 bridgehead atoms. The van der Waals surface area contributed by atoms with Crippen molar-refractivity contribution in [3.8, 4) is 5.88 Å². The van der Waals surface area contributed by atoms with Crippen molar-refractivity contribution < 1.29 is 18.7 Å². The van der Waals surface area contributed by atoms with E-state index < -0.39 is 18.3 Å². The molecule has 5 N–H and O–H groups in total. The van der Waals surface area contributed by atoms with Crippen molar-refractivity contribution in [1.29, 1.82) is 0 Å². The zero-order chi connectivity index (χ0) is 20.1. The van der Waals surface area contributed by atoms with Crippen LogP contribution in [0.25, 0.3) is 0 Å². The number of nitrogens with zero attached hydrogens (tertiary/aromatic N) is 3. The van der Waals surface area contributed by atoms with E-state index in [4.69, 9.17) is 33.2 Å². The largest absolute Gasteiger partial charge is 0.419 e. The summed E-state index contributed by atoms with van der Waals surface area (Å²) in [5.41, 5.74) is 10.6. The fourth-order valence-electron chi connectivity index (χ4n) is 2.51. The highest BCUT2D eigenvalue weighted by Crippen LogP contribution is 2.29. The Bertz CT molecular complexity index is 923. The van der Waals surface area contributed by atoms with Crippen molar-refractivity contribution in [2.75, 3.05) is 25.2 Å². The van der Waals surface area contributed by atoms with E-state index in [1.807, 2.05) is 0 Å². The van der Waals surface area contributed by atoms with Gasteiger partial charge in [0.05, 0.1) is 12.3 Å². The predicted octanol–water partition coefficient (Wildman–Crippen LogP) is 1.27. The molecule has 0 radical (unpaired) electrons. The van der Waals surface area contributed by atoms with Crippen molar-refractivity contribution in [3.63, 3.8) is 0 Å². The summed E-state index contributed by atoms with van der Waals surface area (Å²) >= 11 is 4.83. The minimum Gasteiger partial charge on any atom is -0.391 e. The number of amides is 1. The van der Waals surface area contributed by atoms with Crippen molar-refractivity contribution in [2.24, 2.45) is 16.5 Å². The molecule has 9 nitrogen and oxygen atoms in total. The van der Waals surface area contributed by atoms with E-state index in [9.17, 15) is 9.18 Å². The van der Waals surface area contributed by atoms with Crippen LogP contribution in [0, 0.1) is 0 Å². The van der Waals surface area contributed by atoms with Gasteiger partial charge in [-0.1, -0.05) is 18.3 Å². The summed E-state index contributed by atoms with van der Waals surface area (Å²) in [5, 5.41) is 2.45. The number of carbonyl (C=O) groups excluding carboxylic acids is 1. The maximum atomic E-state index is 13.7. The minimum absolute atomic E-state index is 0.00955. The number of ether oxygens (including phenoxy) is 2. The lowest BCUT2D eigenvalue weighted by Gasteiger charge is -2.30. The number of amidine groups is 1. The van der Waals surface area contributed by atoms with Crippen LogP contribution < -0.4 is 21.5 Å². The lowest BCUT2D eigenvalue weighted by atomic mass is 9.97. The second-order valence-corrected chi connectivity index (χ2v) is 6.37. The van der Waals surface area contributed by atoms with Gasteiger partial charge in [0.2, 0.25) is 5.88 Å². The van der Waals surface area contributed by atoms with Gasteiger partial charge in [-0.2, -0.15) is 0 Å². The van der Waals surface area contributed by atoms with Gasteiger partial charge >= 0.3 is 6.09 Å². The second-order valence-electron chi connectivity index (χ2n) is 5.93. The SMILES string of the molecule is NC(=S)c1ccc(OC(=O)Nc2cccc(C3(CF)COCC(N)=N3)n2)nc1. The molecule has 28 heavy (non-hydrogen) atoms. The molecule has 1 atom stereocenters. The quantitative estimate of drug-likeness (QED) is 0.634. The maximum Gasteiger partial charge on any atom is 0.419 e. The molecular formula is C17H17FN6O3S. The summed E-state index contributed by atoms with van der Waals surface area (Å²) < 4.78 is 24.1. The molecule has 2 aromatic rings. The number of halogens is 1. The van der Waals surface area contributed by atoms with E-state index in [2.05, 4.69) is 20.3 Å². The summed E-state index contributed by atoms with van der Waals surface area (Å²) in [7, 11) is 0. The van der Waals surface area contributed by atoms with Gasteiger partial charge in [-0.25, -0.2) is 19.2 Å². The van der Waals surface area contributed by atoms with Crippen LogP contribution in [0.4, 0.5) is 15.0 Å². The van der Waals surface area contributed by atoms with Crippen molar-refractivity contribution >= 4 is 35.0 Å². The summed E-state index contributed by atoms with van der Waals surface area (Å²) in [6, 6.07) is 7.74. The number of rotatable bonds is 5. The van der Waals surface area contributed by atoms with E-state index in [1.165, 1.54) is 18.3 Å². The van der Waals surface area contributed by atoms with Crippen LogP contribution in [-0.4, -0.2) is 46.8 Å². The smallest absolute Gasteiger partial charge is 0.391 e. The van der Waals surface area contributed by atoms with Gasteiger partial charge in [-0.05, 0) is 18.2 Å². The summed E-state index contributed by atoms with van der Waals surface area (Å²) in [6.45, 7) is -0.731. The Morgan fingerprint density at radius 2 is 2.21 bits per heavy atom. The molecule has 0 aromatic carbocycles. The molecule has 1 aliphatic rings. The molecule has 0 saturated carbocycles. The number of hydrogen-bond acceptors (Lipinski definition) is 8. The molecule has 0 saturated heterocycles. The Balaban J connectivity index is 1.73. The first-order valence-corrected chi connectivity index (χ1v) is 8.53. The third-order valence-electron chi connectivity index (χ3n) is 3.84. The topological polar surface area (TPSA) is 138 Å². The maximum absolute atomic E-state index is 13.7. The Kier molecular flexibility index (Phi) is 5.76. The van der Waals surface area contributed by atoms with Crippen LogP contribution in [0.3, 0.4) is 0 Å². The van der Waals surface area contributed by atoms with E-state index in [1.54, 1.807) is 18.2 Å². The number of pyridine rings is 2. The molecule has 11 heteroatoms. The molecule has 146 valence electrons. The molecule has 1 aliphatic heterocycles. The van der Waals surface area contributed by atoms with Crippen molar-refractivity contribution in [2.45, 2.75) is 5.54 Å². The highest BCUT2D eigenvalue weighted by molar-refractivity contribution is 7.80. The standard InChI is InChI=1S/C17H17FN6O3S/c18-8-17(9-26-7-12(19)24-17)11-2-1-3-13(22-11)23-16(25)27-14-5-4-10(6-21-14)15(20)28/h1-6H,7-9H2,(H2,19,24)(H2,20,28)(H,22,23,25). The molecule has 3 heterocycles. The molecule has 3 rings (SSSR count). The van der Waals surface area contributed by atoms with Crippen LogP contribution >= 0.6 is 12.2 Å². The Morgan fingerprint density at radius 3 is 2.86 bits per heavy atom. The van der Waals surface area contributed by atoms with E-state index >= 15 is 0 Å². The number of nitrogens with one attached hydrogen (secondary N) is 1. The molecule has 2 aromatic heterocycles. The van der Waals surface area contributed by atoms with Crippen LogP contribution in [0.2, 0.25) is 0 Å². The normalized spacial score (nSPS) is 18.8. The summed E-state index contributed by atoms with van der Waals surface area (Å²) in [5.74, 6) is 0.372. The first kappa shape index (κ1) is 19.6. The van der Waals surface area contributed by atoms with Gasteiger partial charge in [0.15, 0.2) is 5.54 Å².